The molecule has 1 aromatic heterocycles. The summed E-state index contributed by atoms with van der Waals surface area (Å²) in [7, 11) is 1.36. The summed E-state index contributed by atoms with van der Waals surface area (Å²) in [6.07, 6.45) is 0. The summed E-state index contributed by atoms with van der Waals surface area (Å²) in [4.78, 5) is 24.2. The molecule has 1 heterocycles. The number of carboxylic acid groups (broad SMARTS) is 1. The zero-order valence-corrected chi connectivity index (χ0v) is 11.5. The van der Waals surface area contributed by atoms with Gasteiger partial charge < -0.3 is 10.0 Å². The maximum Gasteiger partial charge on any atom is 0.329 e. The number of nitrogens with zero attached hydrogens (tertiary/aromatic N) is 3. The lowest BCUT2D eigenvalue weighted by molar-refractivity contribution is -0.147. The van der Waals surface area contributed by atoms with Gasteiger partial charge in [-0.15, -0.1) is 10.2 Å². The molecule has 0 atom stereocenters. The minimum atomic E-state index is -1.38. The van der Waals surface area contributed by atoms with Gasteiger partial charge in [-0.25, -0.2) is 4.79 Å². The highest BCUT2D eigenvalue weighted by Gasteiger charge is 2.36. The fourth-order valence-electron chi connectivity index (χ4n) is 1.08. The van der Waals surface area contributed by atoms with Gasteiger partial charge >= 0.3 is 5.97 Å². The summed E-state index contributed by atoms with van der Waals surface area (Å²) in [5.41, 5.74) is -1.37. The summed E-state index contributed by atoms with van der Waals surface area (Å²) in [5, 5.41) is 15.9. The fraction of sp³-hybridized carbons (Fsp3) is 0.400. The van der Waals surface area contributed by atoms with Gasteiger partial charge in [0.1, 0.15) is 5.54 Å². The average molecular weight is 292 g/mol. The molecule has 0 unspecified atom stereocenters. The molecule has 1 aromatic rings. The number of carbonyl (C=O) groups is 2. The van der Waals surface area contributed by atoms with Gasteiger partial charge in [-0.1, -0.05) is 23.2 Å². The van der Waals surface area contributed by atoms with Gasteiger partial charge in [-0.05, 0) is 19.9 Å². The van der Waals surface area contributed by atoms with Crippen molar-refractivity contribution in [3.05, 3.63) is 21.9 Å². The first-order valence-corrected chi connectivity index (χ1v) is 5.63. The molecule has 0 spiro atoms. The van der Waals surface area contributed by atoms with Crippen molar-refractivity contribution >= 4 is 35.1 Å². The van der Waals surface area contributed by atoms with Crippen LogP contribution in [0.4, 0.5) is 0 Å². The van der Waals surface area contributed by atoms with Gasteiger partial charge in [0.25, 0.3) is 5.91 Å². The van der Waals surface area contributed by atoms with Crippen molar-refractivity contribution in [2.75, 3.05) is 7.05 Å². The summed E-state index contributed by atoms with van der Waals surface area (Å²) < 4.78 is 0. The van der Waals surface area contributed by atoms with E-state index in [-0.39, 0.29) is 15.9 Å². The van der Waals surface area contributed by atoms with E-state index in [1.165, 1.54) is 27.0 Å². The number of rotatable bonds is 3. The van der Waals surface area contributed by atoms with E-state index in [9.17, 15) is 9.59 Å². The van der Waals surface area contributed by atoms with Gasteiger partial charge in [-0.2, -0.15) is 0 Å². The first-order valence-electron chi connectivity index (χ1n) is 4.88. The number of amides is 1. The van der Waals surface area contributed by atoms with Crippen LogP contribution >= 0.6 is 23.2 Å². The first kappa shape index (κ1) is 14.7. The molecule has 0 aliphatic carbocycles. The average Bonchev–Trinajstić information content (AvgIpc) is 2.30. The van der Waals surface area contributed by atoms with Crippen LogP contribution in [0.5, 0.6) is 0 Å². The lowest BCUT2D eigenvalue weighted by Gasteiger charge is -2.31. The second-order valence-electron chi connectivity index (χ2n) is 4.10. The van der Waals surface area contributed by atoms with E-state index in [4.69, 9.17) is 28.3 Å². The second-order valence-corrected chi connectivity index (χ2v) is 4.85. The van der Waals surface area contributed by atoms with Gasteiger partial charge in [0, 0.05) is 7.05 Å². The molecule has 1 rings (SSSR count). The van der Waals surface area contributed by atoms with Crippen molar-refractivity contribution in [3.63, 3.8) is 0 Å². The van der Waals surface area contributed by atoms with Crippen LogP contribution in [0.2, 0.25) is 10.3 Å². The molecule has 0 aliphatic rings. The van der Waals surface area contributed by atoms with E-state index in [1.54, 1.807) is 0 Å². The van der Waals surface area contributed by atoms with Crippen LogP contribution in [-0.4, -0.2) is 44.7 Å². The van der Waals surface area contributed by atoms with Gasteiger partial charge in [0.05, 0.1) is 5.56 Å². The third-order valence-corrected chi connectivity index (χ3v) is 3.08. The lowest BCUT2D eigenvalue weighted by atomic mass is 10.0. The Morgan fingerprint density at radius 3 is 2.39 bits per heavy atom. The van der Waals surface area contributed by atoms with Crippen LogP contribution in [-0.2, 0) is 4.79 Å². The number of hydrogen-bond donors (Lipinski definition) is 1. The number of halogens is 2. The highest BCUT2D eigenvalue weighted by molar-refractivity contribution is 6.34. The minimum absolute atomic E-state index is 0.00396. The quantitative estimate of drug-likeness (QED) is 0.917. The number of likely N-dealkylation sites (N-methyl/N-ethyl adjacent to an activating group) is 1. The predicted molar refractivity (Wildman–Crippen MR) is 65.9 cm³/mol. The standard InChI is InChI=1S/C10H11Cl2N3O3/c1-10(2,9(17)18)15(3)8(16)5-4-6(11)13-14-7(5)12/h4H,1-3H3,(H,17,18). The molecule has 0 fully saturated rings. The van der Waals surface area contributed by atoms with Gasteiger partial charge in [-0.3, -0.25) is 4.79 Å². The van der Waals surface area contributed by atoms with Crippen LogP contribution in [0.1, 0.15) is 24.2 Å². The first-order chi connectivity index (χ1) is 8.17. The number of hydrogen-bond acceptors (Lipinski definition) is 4. The number of aromatic nitrogens is 2. The molecular weight excluding hydrogens is 281 g/mol. The molecule has 98 valence electrons. The normalized spacial score (nSPS) is 11.2. The van der Waals surface area contributed by atoms with Crippen LogP contribution in [0.3, 0.4) is 0 Å². The zero-order valence-electron chi connectivity index (χ0n) is 9.94. The topological polar surface area (TPSA) is 83.4 Å². The number of carboxylic acids is 1. The third kappa shape index (κ3) is 2.70. The molecule has 1 N–H and O–H groups in total. The molecule has 0 saturated heterocycles. The Labute approximate surface area is 114 Å². The maximum atomic E-state index is 12.1. The van der Waals surface area contributed by atoms with Gasteiger partial charge in [0.2, 0.25) is 0 Å². The Bertz CT molecular complexity index is 505. The number of carbonyl (C=O) groups excluding carboxylic acids is 1. The third-order valence-electron chi connectivity index (χ3n) is 2.62. The molecule has 0 radical (unpaired) electrons. The van der Waals surface area contributed by atoms with E-state index in [0.717, 1.165) is 4.90 Å². The van der Waals surface area contributed by atoms with Crippen molar-refractivity contribution in [2.24, 2.45) is 0 Å². The predicted octanol–water partition coefficient (Wildman–Crippen LogP) is 1.72. The van der Waals surface area contributed by atoms with E-state index >= 15 is 0 Å². The zero-order chi connectivity index (χ0) is 14.1. The molecule has 18 heavy (non-hydrogen) atoms. The van der Waals surface area contributed by atoms with Crippen LogP contribution < -0.4 is 0 Å². The molecule has 0 aromatic carbocycles. The monoisotopic (exact) mass is 291 g/mol. The summed E-state index contributed by atoms with van der Waals surface area (Å²) in [5.74, 6) is -1.73. The van der Waals surface area contributed by atoms with Crippen LogP contribution in [0.15, 0.2) is 6.07 Å². The molecule has 0 aliphatic heterocycles. The lowest BCUT2D eigenvalue weighted by Crippen LogP contribution is -2.50. The Balaban J connectivity index is 3.15. The largest absolute Gasteiger partial charge is 0.480 e. The smallest absolute Gasteiger partial charge is 0.329 e. The molecule has 8 heteroatoms. The Kier molecular flexibility index (Phi) is 4.13. The Morgan fingerprint density at radius 2 is 1.89 bits per heavy atom. The van der Waals surface area contributed by atoms with Crippen molar-refractivity contribution in [2.45, 2.75) is 19.4 Å². The van der Waals surface area contributed by atoms with Crippen LogP contribution in [0, 0.1) is 0 Å². The molecule has 6 nitrogen and oxygen atoms in total. The molecule has 1 amide bonds. The fourth-order valence-corrected chi connectivity index (χ4v) is 1.40. The minimum Gasteiger partial charge on any atom is -0.480 e. The second kappa shape index (κ2) is 5.07. The SMILES string of the molecule is CN(C(=O)c1cc(Cl)nnc1Cl)C(C)(C)C(=O)O. The van der Waals surface area contributed by atoms with Crippen LogP contribution in [0.25, 0.3) is 0 Å². The van der Waals surface area contributed by atoms with E-state index < -0.39 is 17.4 Å². The van der Waals surface area contributed by atoms with Crippen molar-refractivity contribution in [3.8, 4) is 0 Å². The van der Waals surface area contributed by atoms with E-state index in [2.05, 4.69) is 10.2 Å². The summed E-state index contributed by atoms with van der Waals surface area (Å²) in [6, 6.07) is 1.24. The molecule has 0 bridgehead atoms. The molecular formula is C10H11Cl2N3O3. The van der Waals surface area contributed by atoms with E-state index in [1.807, 2.05) is 0 Å². The molecule has 0 saturated carbocycles. The van der Waals surface area contributed by atoms with E-state index in [0.29, 0.717) is 0 Å². The van der Waals surface area contributed by atoms with Crippen molar-refractivity contribution in [1.82, 2.24) is 15.1 Å². The van der Waals surface area contributed by atoms with Crippen molar-refractivity contribution < 1.29 is 14.7 Å². The Hall–Kier alpha value is -1.40. The Morgan fingerprint density at radius 1 is 1.33 bits per heavy atom. The maximum absolute atomic E-state index is 12.1. The number of aliphatic carboxylic acids is 1. The van der Waals surface area contributed by atoms with Gasteiger partial charge in [0.15, 0.2) is 10.3 Å². The highest BCUT2D eigenvalue weighted by atomic mass is 35.5. The highest BCUT2D eigenvalue weighted by Crippen LogP contribution is 2.21. The summed E-state index contributed by atoms with van der Waals surface area (Å²) >= 11 is 11.4. The summed E-state index contributed by atoms with van der Waals surface area (Å²) in [6.45, 7) is 2.80. The van der Waals surface area contributed by atoms with Crippen molar-refractivity contribution in [1.29, 1.82) is 0 Å².